The molecule has 0 aliphatic carbocycles. The van der Waals surface area contributed by atoms with Crippen molar-refractivity contribution in [2.45, 2.75) is 31.4 Å². The fraction of sp³-hybridized carbons (Fsp3) is 0.462. The van der Waals surface area contributed by atoms with Crippen molar-refractivity contribution in [3.8, 4) is 0 Å². The Morgan fingerprint density at radius 2 is 1.82 bits per heavy atom. The van der Waals surface area contributed by atoms with Crippen molar-refractivity contribution in [3.05, 3.63) is 35.9 Å². The normalized spacial score (nSPS) is 13.6. The highest BCUT2D eigenvalue weighted by molar-refractivity contribution is 7.87. The summed E-state index contributed by atoms with van der Waals surface area (Å²) >= 11 is 0. The Kier molecular flexibility index (Phi) is 6.36. The Balaban J connectivity index is 2.83. The average molecular weight is 340 g/mol. The second kappa shape index (κ2) is 7.59. The molecule has 0 aliphatic rings. The SMILES string of the molecule is CCOC(=O)[C@@H](CCc1ccccc1)OS(=O)(=O)C(F)(F)F. The minimum absolute atomic E-state index is 0.101. The lowest BCUT2D eigenvalue weighted by Crippen LogP contribution is -2.35. The fourth-order valence-corrected chi connectivity index (χ4v) is 2.18. The van der Waals surface area contributed by atoms with Gasteiger partial charge in [0.05, 0.1) is 6.61 Å². The molecule has 0 fully saturated rings. The number of rotatable bonds is 7. The van der Waals surface area contributed by atoms with Crippen molar-refractivity contribution in [2.24, 2.45) is 0 Å². The quantitative estimate of drug-likeness (QED) is 0.433. The van der Waals surface area contributed by atoms with E-state index in [0.717, 1.165) is 5.56 Å². The van der Waals surface area contributed by atoms with Crippen molar-refractivity contribution in [2.75, 3.05) is 6.61 Å². The van der Waals surface area contributed by atoms with Crippen LogP contribution in [0.4, 0.5) is 13.2 Å². The predicted octanol–water partition coefficient (Wildman–Crippen LogP) is 2.42. The summed E-state index contributed by atoms with van der Waals surface area (Å²) in [5, 5.41) is 0. The van der Waals surface area contributed by atoms with Crippen LogP contribution >= 0.6 is 0 Å². The van der Waals surface area contributed by atoms with Gasteiger partial charge in [0.1, 0.15) is 0 Å². The van der Waals surface area contributed by atoms with E-state index in [2.05, 4.69) is 8.92 Å². The van der Waals surface area contributed by atoms with Crippen molar-refractivity contribution in [1.29, 1.82) is 0 Å². The Bertz CT molecular complexity index is 583. The van der Waals surface area contributed by atoms with E-state index in [-0.39, 0.29) is 19.4 Å². The molecule has 1 rings (SSSR count). The number of carbonyl (C=O) groups is 1. The van der Waals surface area contributed by atoms with Crippen molar-refractivity contribution in [3.63, 3.8) is 0 Å². The van der Waals surface area contributed by atoms with Crippen LogP contribution in [0.15, 0.2) is 30.3 Å². The first-order chi connectivity index (χ1) is 10.2. The van der Waals surface area contributed by atoms with Gasteiger partial charge < -0.3 is 4.74 Å². The van der Waals surface area contributed by atoms with Crippen LogP contribution in [-0.2, 0) is 30.3 Å². The molecule has 1 aromatic rings. The molecule has 0 amide bonds. The molecule has 0 heterocycles. The molecule has 1 aromatic carbocycles. The molecule has 0 saturated carbocycles. The van der Waals surface area contributed by atoms with Gasteiger partial charge in [0.25, 0.3) is 0 Å². The maximum absolute atomic E-state index is 12.3. The van der Waals surface area contributed by atoms with Gasteiger partial charge in [-0.15, -0.1) is 0 Å². The van der Waals surface area contributed by atoms with Gasteiger partial charge in [0.2, 0.25) is 0 Å². The summed E-state index contributed by atoms with van der Waals surface area (Å²) in [6.07, 6.45) is -1.93. The molecule has 0 spiro atoms. The highest BCUT2D eigenvalue weighted by Gasteiger charge is 2.49. The molecule has 0 N–H and O–H groups in total. The zero-order valence-electron chi connectivity index (χ0n) is 11.7. The lowest BCUT2D eigenvalue weighted by Gasteiger charge is -2.17. The Morgan fingerprint density at radius 3 is 2.32 bits per heavy atom. The van der Waals surface area contributed by atoms with Crippen LogP contribution in [0.2, 0.25) is 0 Å². The van der Waals surface area contributed by atoms with Gasteiger partial charge in [0.15, 0.2) is 6.10 Å². The molecular formula is C13H15F3O5S. The first-order valence-electron chi connectivity index (χ1n) is 6.37. The number of alkyl halides is 3. The van der Waals surface area contributed by atoms with E-state index in [1.54, 1.807) is 30.3 Å². The number of hydrogen-bond donors (Lipinski definition) is 0. The number of halogens is 3. The maximum Gasteiger partial charge on any atom is 0.523 e. The molecule has 124 valence electrons. The number of ether oxygens (including phenoxy) is 1. The molecule has 5 nitrogen and oxygen atoms in total. The molecule has 1 atom stereocenters. The molecular weight excluding hydrogens is 325 g/mol. The van der Waals surface area contributed by atoms with Crippen molar-refractivity contribution < 1.29 is 35.3 Å². The van der Waals surface area contributed by atoms with Crippen molar-refractivity contribution in [1.82, 2.24) is 0 Å². The minimum Gasteiger partial charge on any atom is -0.464 e. The number of benzene rings is 1. The molecule has 22 heavy (non-hydrogen) atoms. The van der Waals surface area contributed by atoms with E-state index < -0.39 is 27.7 Å². The van der Waals surface area contributed by atoms with E-state index in [9.17, 15) is 26.4 Å². The highest BCUT2D eigenvalue weighted by atomic mass is 32.2. The molecule has 0 unspecified atom stereocenters. The van der Waals surface area contributed by atoms with Crippen LogP contribution in [-0.4, -0.2) is 32.6 Å². The van der Waals surface area contributed by atoms with Gasteiger partial charge in [-0.1, -0.05) is 30.3 Å². The molecule has 0 bridgehead atoms. The zero-order valence-corrected chi connectivity index (χ0v) is 12.5. The third-order valence-corrected chi connectivity index (χ3v) is 3.67. The van der Waals surface area contributed by atoms with E-state index in [1.165, 1.54) is 6.92 Å². The third-order valence-electron chi connectivity index (χ3n) is 2.61. The fourth-order valence-electron chi connectivity index (χ4n) is 1.59. The molecule has 9 heteroatoms. The van der Waals surface area contributed by atoms with Crippen LogP contribution in [0.5, 0.6) is 0 Å². The minimum atomic E-state index is -5.87. The van der Waals surface area contributed by atoms with Crippen molar-refractivity contribution >= 4 is 16.1 Å². The van der Waals surface area contributed by atoms with Gasteiger partial charge in [0, 0.05) is 0 Å². The van der Waals surface area contributed by atoms with Crippen LogP contribution in [0.25, 0.3) is 0 Å². The predicted molar refractivity (Wildman–Crippen MR) is 71.2 cm³/mol. The molecule has 0 aromatic heterocycles. The van der Waals surface area contributed by atoms with Crippen LogP contribution in [0.1, 0.15) is 18.9 Å². The summed E-state index contributed by atoms with van der Waals surface area (Å²) in [7, 11) is -5.87. The lowest BCUT2D eigenvalue weighted by molar-refractivity contribution is -0.152. The number of carbonyl (C=O) groups excluding carboxylic acids is 1. The molecule has 0 saturated heterocycles. The largest absolute Gasteiger partial charge is 0.523 e. The lowest BCUT2D eigenvalue weighted by atomic mass is 10.1. The number of esters is 1. The smallest absolute Gasteiger partial charge is 0.464 e. The molecule has 0 aliphatic heterocycles. The maximum atomic E-state index is 12.3. The monoisotopic (exact) mass is 340 g/mol. The topological polar surface area (TPSA) is 69.7 Å². The Morgan fingerprint density at radius 1 is 1.23 bits per heavy atom. The summed E-state index contributed by atoms with van der Waals surface area (Å²) in [5.74, 6) is -1.15. The van der Waals surface area contributed by atoms with Crippen LogP contribution in [0, 0.1) is 0 Å². The Labute approximate surface area is 126 Å². The van der Waals surface area contributed by atoms with Gasteiger partial charge >= 0.3 is 21.6 Å². The van der Waals surface area contributed by atoms with Gasteiger partial charge in [-0.2, -0.15) is 21.6 Å². The van der Waals surface area contributed by atoms with Crippen LogP contribution < -0.4 is 0 Å². The third kappa shape index (κ3) is 5.30. The summed E-state index contributed by atoms with van der Waals surface area (Å²) < 4.78 is 67.6. The molecule has 0 radical (unpaired) electrons. The standard InChI is InChI=1S/C13H15F3O5S/c1-2-20-12(17)11(21-22(18,19)13(14,15)16)9-8-10-6-4-3-5-7-10/h3-7,11H,2,8-9H2,1H3/t11-/m1/s1. The highest BCUT2D eigenvalue weighted by Crippen LogP contribution is 2.27. The average Bonchev–Trinajstić information content (AvgIpc) is 2.43. The first kappa shape index (κ1) is 18.4. The zero-order chi connectivity index (χ0) is 16.8. The Hall–Kier alpha value is -1.61. The van der Waals surface area contributed by atoms with E-state index in [1.807, 2.05) is 0 Å². The van der Waals surface area contributed by atoms with Crippen LogP contribution in [0.3, 0.4) is 0 Å². The van der Waals surface area contributed by atoms with Gasteiger partial charge in [-0.3, -0.25) is 0 Å². The summed E-state index contributed by atoms with van der Waals surface area (Å²) in [5.41, 5.74) is -4.87. The second-order valence-electron chi connectivity index (χ2n) is 4.26. The number of aryl methyl sites for hydroxylation is 1. The van der Waals surface area contributed by atoms with E-state index in [4.69, 9.17) is 0 Å². The van der Waals surface area contributed by atoms with Gasteiger partial charge in [-0.25, -0.2) is 8.98 Å². The first-order valence-corrected chi connectivity index (χ1v) is 7.78. The summed E-state index contributed by atoms with van der Waals surface area (Å²) in [6.45, 7) is 1.35. The second-order valence-corrected chi connectivity index (χ2v) is 5.82. The summed E-state index contributed by atoms with van der Waals surface area (Å²) in [6, 6.07) is 8.56. The summed E-state index contributed by atoms with van der Waals surface area (Å²) in [4.78, 5) is 11.6. The van der Waals surface area contributed by atoms with Gasteiger partial charge in [-0.05, 0) is 25.3 Å². The van der Waals surface area contributed by atoms with E-state index >= 15 is 0 Å². The van der Waals surface area contributed by atoms with E-state index in [0.29, 0.717) is 0 Å². The number of hydrogen-bond acceptors (Lipinski definition) is 5.